The zero-order valence-corrected chi connectivity index (χ0v) is 8.31. The third-order valence-corrected chi connectivity index (χ3v) is 4.84. The summed E-state index contributed by atoms with van der Waals surface area (Å²) in [4.78, 5) is 0. The summed E-state index contributed by atoms with van der Waals surface area (Å²) in [7, 11) is 0. The molecule has 4 bridgehead atoms. The van der Waals surface area contributed by atoms with Crippen LogP contribution in [0.3, 0.4) is 0 Å². The van der Waals surface area contributed by atoms with Crippen LogP contribution in [0.25, 0.3) is 0 Å². The van der Waals surface area contributed by atoms with Gasteiger partial charge in [0.15, 0.2) is 0 Å². The molecule has 0 saturated heterocycles. The Kier molecular flexibility index (Phi) is 1.61. The molecule has 4 aliphatic carbocycles. The molecular formula is C11H17F2N. The lowest BCUT2D eigenvalue weighted by Gasteiger charge is -2.59. The molecule has 0 amide bonds. The van der Waals surface area contributed by atoms with Crippen LogP contribution in [-0.4, -0.2) is 12.5 Å². The van der Waals surface area contributed by atoms with E-state index in [2.05, 4.69) is 0 Å². The van der Waals surface area contributed by atoms with Crippen molar-refractivity contribution in [3.05, 3.63) is 0 Å². The van der Waals surface area contributed by atoms with E-state index in [9.17, 15) is 8.78 Å². The van der Waals surface area contributed by atoms with Gasteiger partial charge in [-0.2, -0.15) is 0 Å². The molecule has 0 aromatic heterocycles. The minimum Gasteiger partial charge on any atom is -0.330 e. The van der Waals surface area contributed by atoms with Gasteiger partial charge in [0.25, 0.3) is 5.92 Å². The third kappa shape index (κ3) is 0.967. The van der Waals surface area contributed by atoms with Crippen LogP contribution in [0, 0.1) is 23.2 Å². The van der Waals surface area contributed by atoms with Gasteiger partial charge in [-0.15, -0.1) is 0 Å². The van der Waals surface area contributed by atoms with Crippen molar-refractivity contribution in [2.75, 3.05) is 6.54 Å². The van der Waals surface area contributed by atoms with E-state index in [-0.39, 0.29) is 17.3 Å². The second-order valence-electron chi connectivity index (χ2n) is 5.72. The fourth-order valence-corrected chi connectivity index (χ4v) is 4.31. The Bertz CT molecular complexity index is 246. The predicted octanol–water partition coefficient (Wildman–Crippen LogP) is 2.41. The molecule has 0 aliphatic heterocycles. The van der Waals surface area contributed by atoms with Gasteiger partial charge in [0, 0.05) is 11.8 Å². The normalized spacial score (nSPS) is 53.8. The summed E-state index contributed by atoms with van der Waals surface area (Å²) in [5.41, 5.74) is 5.87. The highest BCUT2D eigenvalue weighted by molar-refractivity contribution is 5.08. The summed E-state index contributed by atoms with van der Waals surface area (Å²) in [5.74, 6) is -2.53. The predicted molar refractivity (Wildman–Crippen MR) is 50.0 cm³/mol. The van der Waals surface area contributed by atoms with E-state index in [1.54, 1.807) is 0 Å². The molecule has 3 heteroatoms. The molecule has 1 nitrogen and oxygen atoms in total. The van der Waals surface area contributed by atoms with Crippen molar-refractivity contribution in [1.82, 2.24) is 0 Å². The maximum Gasteiger partial charge on any atom is 0.253 e. The first-order chi connectivity index (χ1) is 6.56. The van der Waals surface area contributed by atoms with Crippen LogP contribution >= 0.6 is 0 Å². The maximum absolute atomic E-state index is 13.8. The SMILES string of the molecule is NCC12CC3CC(C1)C(F)(F)C(C3)C2. The van der Waals surface area contributed by atoms with Crippen molar-refractivity contribution < 1.29 is 8.78 Å². The first kappa shape index (κ1) is 9.08. The van der Waals surface area contributed by atoms with Crippen molar-refractivity contribution in [2.24, 2.45) is 28.9 Å². The van der Waals surface area contributed by atoms with E-state index in [4.69, 9.17) is 5.73 Å². The third-order valence-electron chi connectivity index (χ3n) is 4.84. The Hall–Kier alpha value is -0.180. The molecule has 2 N–H and O–H groups in total. The van der Waals surface area contributed by atoms with Crippen LogP contribution in [0.1, 0.15) is 32.1 Å². The van der Waals surface area contributed by atoms with E-state index < -0.39 is 5.92 Å². The lowest BCUT2D eigenvalue weighted by atomic mass is 9.48. The molecule has 14 heavy (non-hydrogen) atoms. The van der Waals surface area contributed by atoms with E-state index in [1.165, 1.54) is 0 Å². The lowest BCUT2D eigenvalue weighted by molar-refractivity contribution is -0.223. The number of hydrogen-bond donors (Lipinski definition) is 1. The standard InChI is InChI=1S/C11H17F2N/c12-11(13)8-1-7-2-9(11)5-10(3-7,4-8)6-14/h7-9H,1-6,14H2. The van der Waals surface area contributed by atoms with E-state index in [0.717, 1.165) is 19.3 Å². The Morgan fingerprint density at radius 1 is 1.07 bits per heavy atom. The van der Waals surface area contributed by atoms with Crippen molar-refractivity contribution in [3.8, 4) is 0 Å². The fourth-order valence-electron chi connectivity index (χ4n) is 4.31. The van der Waals surface area contributed by atoms with Crippen LogP contribution in [0.15, 0.2) is 0 Å². The number of alkyl halides is 2. The second kappa shape index (κ2) is 2.49. The van der Waals surface area contributed by atoms with Crippen LogP contribution in [0.4, 0.5) is 8.78 Å². The van der Waals surface area contributed by atoms with Gasteiger partial charge >= 0.3 is 0 Å². The summed E-state index contributed by atoms with van der Waals surface area (Å²) in [6, 6.07) is 0. The number of hydrogen-bond acceptors (Lipinski definition) is 1. The average molecular weight is 201 g/mol. The van der Waals surface area contributed by atoms with Crippen molar-refractivity contribution in [1.29, 1.82) is 0 Å². The smallest absolute Gasteiger partial charge is 0.253 e. The molecule has 0 radical (unpaired) electrons. The lowest BCUT2D eigenvalue weighted by Crippen LogP contribution is -2.58. The van der Waals surface area contributed by atoms with Gasteiger partial charge in [0.05, 0.1) is 0 Å². The van der Waals surface area contributed by atoms with Crippen molar-refractivity contribution in [3.63, 3.8) is 0 Å². The largest absolute Gasteiger partial charge is 0.330 e. The highest BCUT2D eigenvalue weighted by Gasteiger charge is 2.63. The molecule has 0 aromatic carbocycles. The summed E-state index contributed by atoms with van der Waals surface area (Å²) in [6.07, 6.45) is 4.00. The van der Waals surface area contributed by atoms with Crippen molar-refractivity contribution in [2.45, 2.75) is 38.0 Å². The zero-order valence-electron chi connectivity index (χ0n) is 8.31. The molecule has 4 saturated carbocycles. The molecular weight excluding hydrogens is 184 g/mol. The number of nitrogens with two attached hydrogens (primary N) is 1. The second-order valence-corrected chi connectivity index (χ2v) is 5.72. The summed E-state index contributed by atoms with van der Waals surface area (Å²) < 4.78 is 27.5. The van der Waals surface area contributed by atoms with Gasteiger partial charge in [0.2, 0.25) is 0 Å². The van der Waals surface area contributed by atoms with Gasteiger partial charge < -0.3 is 5.73 Å². The van der Waals surface area contributed by atoms with Gasteiger partial charge in [-0.05, 0) is 50.0 Å². The van der Waals surface area contributed by atoms with Crippen LogP contribution in [0.2, 0.25) is 0 Å². The van der Waals surface area contributed by atoms with Crippen molar-refractivity contribution >= 4 is 0 Å². The van der Waals surface area contributed by atoms with Gasteiger partial charge in [-0.25, -0.2) is 8.78 Å². The van der Waals surface area contributed by atoms with E-state index >= 15 is 0 Å². The minimum absolute atomic E-state index is 0.0954. The van der Waals surface area contributed by atoms with Crippen LogP contribution in [0.5, 0.6) is 0 Å². The first-order valence-electron chi connectivity index (χ1n) is 5.64. The Labute approximate surface area is 83.0 Å². The Morgan fingerprint density at radius 2 is 1.64 bits per heavy atom. The van der Waals surface area contributed by atoms with Crippen LogP contribution in [-0.2, 0) is 0 Å². The molecule has 4 aliphatic rings. The summed E-state index contributed by atoms with van der Waals surface area (Å²) in [6.45, 7) is 0.618. The Balaban J connectivity index is 1.96. The molecule has 0 spiro atoms. The maximum atomic E-state index is 13.8. The molecule has 4 rings (SSSR count). The fraction of sp³-hybridized carbons (Fsp3) is 1.00. The highest BCUT2D eigenvalue weighted by atomic mass is 19.3. The molecule has 0 heterocycles. The summed E-state index contributed by atoms with van der Waals surface area (Å²) in [5, 5.41) is 0. The topological polar surface area (TPSA) is 26.0 Å². The van der Waals surface area contributed by atoms with E-state index in [1.807, 2.05) is 0 Å². The molecule has 4 fully saturated rings. The van der Waals surface area contributed by atoms with E-state index in [0.29, 0.717) is 25.3 Å². The van der Waals surface area contributed by atoms with Gasteiger partial charge in [-0.3, -0.25) is 0 Å². The van der Waals surface area contributed by atoms with Gasteiger partial charge in [0.1, 0.15) is 0 Å². The Morgan fingerprint density at radius 3 is 2.14 bits per heavy atom. The molecule has 80 valence electrons. The quantitative estimate of drug-likeness (QED) is 0.692. The van der Waals surface area contributed by atoms with Gasteiger partial charge in [-0.1, -0.05) is 0 Å². The minimum atomic E-state index is -2.38. The highest BCUT2D eigenvalue weighted by Crippen LogP contribution is 2.64. The molecule has 0 aromatic rings. The molecule has 2 atom stereocenters. The monoisotopic (exact) mass is 201 g/mol. The number of rotatable bonds is 1. The molecule has 2 unspecified atom stereocenters. The number of halogens is 2. The zero-order chi connectivity index (χ0) is 9.97. The average Bonchev–Trinajstić information content (AvgIpc) is 2.14. The van der Waals surface area contributed by atoms with Crippen LogP contribution < -0.4 is 5.73 Å². The first-order valence-corrected chi connectivity index (χ1v) is 5.64. The summed E-state index contributed by atoms with van der Waals surface area (Å²) >= 11 is 0.